The molecule has 2 aromatic rings. The normalized spacial score (nSPS) is 10.2. The molecule has 0 atom stereocenters. The van der Waals surface area contributed by atoms with Gasteiger partial charge in [-0.05, 0) is 10.9 Å². The number of carbonyl (C=O) groups excluding carboxylic acids is 1. The van der Waals surface area contributed by atoms with Gasteiger partial charge in [-0.2, -0.15) is 0 Å². The molecule has 6 nitrogen and oxygen atoms in total. The highest BCUT2D eigenvalue weighted by Crippen LogP contribution is 2.29. The van der Waals surface area contributed by atoms with Gasteiger partial charge >= 0.3 is 12.1 Å². The van der Waals surface area contributed by atoms with E-state index in [2.05, 4.69) is 5.32 Å². The summed E-state index contributed by atoms with van der Waals surface area (Å²) < 4.78 is 10.0. The van der Waals surface area contributed by atoms with Crippen LogP contribution in [0, 0.1) is 0 Å². The molecule has 0 aliphatic heterocycles. The Kier molecular flexibility index (Phi) is 5.51. The summed E-state index contributed by atoms with van der Waals surface area (Å²) in [4.78, 5) is 23.1. The van der Waals surface area contributed by atoms with Crippen LogP contribution in [-0.4, -0.2) is 24.3 Å². The summed E-state index contributed by atoms with van der Waals surface area (Å²) in [6, 6.07) is 9.21. The number of thiophene rings is 1. The van der Waals surface area contributed by atoms with E-state index in [1.54, 1.807) is 5.38 Å². The summed E-state index contributed by atoms with van der Waals surface area (Å²) in [5.41, 5.74) is 1.39. The van der Waals surface area contributed by atoms with Gasteiger partial charge < -0.3 is 14.6 Å². The number of hydrogen-bond acceptors (Lipinski definition) is 5. The van der Waals surface area contributed by atoms with Gasteiger partial charge in [0.2, 0.25) is 0 Å². The number of nitrogens with one attached hydrogen (secondary N) is 1. The van der Waals surface area contributed by atoms with Crippen molar-refractivity contribution in [3.8, 4) is 0 Å². The van der Waals surface area contributed by atoms with E-state index in [9.17, 15) is 14.7 Å². The Morgan fingerprint density at radius 3 is 2.59 bits per heavy atom. The minimum Gasteiger partial charge on any atom is -0.478 e. The number of aromatic carboxylic acids is 1. The molecule has 0 aliphatic rings. The fourth-order valence-electron chi connectivity index (χ4n) is 1.83. The van der Waals surface area contributed by atoms with Gasteiger partial charge in [0.25, 0.3) is 0 Å². The second-order valence-corrected chi connectivity index (χ2v) is 5.27. The molecule has 7 heteroatoms. The van der Waals surface area contributed by atoms with Crippen LogP contribution in [0.25, 0.3) is 0 Å². The Morgan fingerprint density at radius 2 is 1.95 bits per heavy atom. The molecule has 1 aromatic carbocycles. The third-order valence-electron chi connectivity index (χ3n) is 2.81. The maximum Gasteiger partial charge on any atom is 0.412 e. The Balaban J connectivity index is 2.01. The lowest BCUT2D eigenvalue weighted by Gasteiger charge is -2.07. The van der Waals surface area contributed by atoms with Crippen molar-refractivity contribution in [2.75, 3.05) is 12.4 Å². The van der Waals surface area contributed by atoms with Crippen molar-refractivity contribution in [3.05, 3.63) is 52.4 Å². The summed E-state index contributed by atoms with van der Waals surface area (Å²) in [7, 11) is 1.48. The summed E-state index contributed by atoms with van der Waals surface area (Å²) in [5.74, 6) is -1.12. The molecule has 0 radical (unpaired) electrons. The minimum atomic E-state index is -1.12. The monoisotopic (exact) mass is 321 g/mol. The quantitative estimate of drug-likeness (QED) is 0.852. The second-order valence-electron chi connectivity index (χ2n) is 4.39. The number of methoxy groups -OCH3 is 1. The smallest absolute Gasteiger partial charge is 0.412 e. The van der Waals surface area contributed by atoms with E-state index in [0.717, 1.165) is 16.9 Å². The van der Waals surface area contributed by atoms with Gasteiger partial charge in [0.15, 0.2) is 0 Å². The van der Waals surface area contributed by atoms with Crippen LogP contribution in [0.1, 0.15) is 21.5 Å². The lowest BCUT2D eigenvalue weighted by atomic mass is 10.2. The van der Waals surface area contributed by atoms with Crippen LogP contribution in [0.2, 0.25) is 0 Å². The van der Waals surface area contributed by atoms with E-state index < -0.39 is 12.1 Å². The number of ether oxygens (including phenoxy) is 2. The van der Waals surface area contributed by atoms with Crippen molar-refractivity contribution in [1.29, 1.82) is 0 Å². The molecule has 0 aliphatic carbocycles. The van der Waals surface area contributed by atoms with Crippen molar-refractivity contribution >= 4 is 28.4 Å². The minimum absolute atomic E-state index is 0.0310. The van der Waals surface area contributed by atoms with Crippen molar-refractivity contribution in [1.82, 2.24) is 0 Å². The standard InChI is InChI=1S/C15H15NO5S/c1-20-8-11-9-22-13(12(11)14(17)18)16-15(19)21-7-10-5-3-2-4-6-10/h2-6,9H,7-8H2,1H3,(H,16,19)(H,17,18). The van der Waals surface area contributed by atoms with Crippen LogP contribution < -0.4 is 5.32 Å². The first-order chi connectivity index (χ1) is 10.6. The van der Waals surface area contributed by atoms with E-state index in [4.69, 9.17) is 9.47 Å². The number of carboxylic acid groups (broad SMARTS) is 1. The van der Waals surface area contributed by atoms with Crippen molar-refractivity contribution < 1.29 is 24.2 Å². The summed E-state index contributed by atoms with van der Waals surface area (Å²) in [5, 5.41) is 13.6. The Hall–Kier alpha value is -2.38. The summed E-state index contributed by atoms with van der Waals surface area (Å²) >= 11 is 1.12. The second kappa shape index (κ2) is 7.58. The van der Waals surface area contributed by atoms with Gasteiger partial charge in [0.1, 0.15) is 11.6 Å². The molecule has 2 rings (SSSR count). The molecular weight excluding hydrogens is 306 g/mol. The first-order valence-corrected chi connectivity index (χ1v) is 7.30. The van der Waals surface area contributed by atoms with E-state index in [-0.39, 0.29) is 23.8 Å². The Labute approximate surface area is 131 Å². The molecule has 0 saturated heterocycles. The molecular formula is C15H15NO5S. The maximum atomic E-state index is 11.8. The molecule has 0 bridgehead atoms. The molecule has 1 amide bonds. The molecule has 116 valence electrons. The van der Waals surface area contributed by atoms with Crippen molar-refractivity contribution in [3.63, 3.8) is 0 Å². The van der Waals surface area contributed by atoms with E-state index in [1.165, 1.54) is 7.11 Å². The van der Waals surface area contributed by atoms with E-state index in [0.29, 0.717) is 5.56 Å². The fourth-order valence-corrected chi connectivity index (χ4v) is 2.76. The maximum absolute atomic E-state index is 11.8. The largest absolute Gasteiger partial charge is 0.478 e. The zero-order valence-electron chi connectivity index (χ0n) is 11.9. The number of amides is 1. The van der Waals surface area contributed by atoms with Gasteiger partial charge in [0.05, 0.1) is 12.2 Å². The molecule has 1 aromatic heterocycles. The molecule has 0 saturated carbocycles. The predicted octanol–water partition coefficient (Wildman–Crippen LogP) is 3.34. The molecule has 1 heterocycles. The van der Waals surface area contributed by atoms with Crippen LogP contribution in [0.15, 0.2) is 35.7 Å². The van der Waals surface area contributed by atoms with Gasteiger partial charge in [-0.15, -0.1) is 11.3 Å². The van der Waals surface area contributed by atoms with Gasteiger partial charge in [-0.3, -0.25) is 5.32 Å². The van der Waals surface area contributed by atoms with Crippen LogP contribution in [0.3, 0.4) is 0 Å². The zero-order chi connectivity index (χ0) is 15.9. The van der Waals surface area contributed by atoms with E-state index >= 15 is 0 Å². The third kappa shape index (κ3) is 4.06. The lowest BCUT2D eigenvalue weighted by Crippen LogP contribution is -2.15. The third-order valence-corrected chi connectivity index (χ3v) is 3.75. The number of carboxylic acids is 1. The highest BCUT2D eigenvalue weighted by atomic mass is 32.1. The molecule has 0 spiro atoms. The van der Waals surface area contributed by atoms with Crippen LogP contribution in [0.5, 0.6) is 0 Å². The van der Waals surface area contributed by atoms with Crippen molar-refractivity contribution in [2.24, 2.45) is 0 Å². The van der Waals surface area contributed by atoms with Gasteiger partial charge in [-0.1, -0.05) is 30.3 Å². The summed E-state index contributed by atoms with van der Waals surface area (Å²) in [6.45, 7) is 0.282. The average molecular weight is 321 g/mol. The average Bonchev–Trinajstić information content (AvgIpc) is 2.89. The number of hydrogen-bond donors (Lipinski definition) is 2. The van der Waals surface area contributed by atoms with Crippen LogP contribution >= 0.6 is 11.3 Å². The van der Waals surface area contributed by atoms with Gasteiger partial charge in [0, 0.05) is 12.7 Å². The first kappa shape index (κ1) is 16.0. The Bertz CT molecular complexity index is 653. The topological polar surface area (TPSA) is 84.9 Å². The van der Waals surface area contributed by atoms with Gasteiger partial charge in [-0.25, -0.2) is 9.59 Å². The first-order valence-electron chi connectivity index (χ1n) is 6.42. The lowest BCUT2D eigenvalue weighted by molar-refractivity contribution is 0.0693. The highest BCUT2D eigenvalue weighted by Gasteiger charge is 2.20. The summed E-state index contributed by atoms with van der Waals surface area (Å²) in [6.07, 6.45) is -0.697. The van der Waals surface area contributed by atoms with E-state index in [1.807, 2.05) is 30.3 Å². The molecule has 0 fully saturated rings. The van der Waals surface area contributed by atoms with Crippen LogP contribution in [0.4, 0.5) is 9.80 Å². The van der Waals surface area contributed by atoms with Crippen LogP contribution in [-0.2, 0) is 22.7 Å². The van der Waals surface area contributed by atoms with Crippen molar-refractivity contribution in [2.45, 2.75) is 13.2 Å². The number of benzene rings is 1. The highest BCUT2D eigenvalue weighted by molar-refractivity contribution is 7.15. The predicted molar refractivity (Wildman–Crippen MR) is 82.2 cm³/mol. The molecule has 22 heavy (non-hydrogen) atoms. The number of anilines is 1. The fraction of sp³-hybridized carbons (Fsp3) is 0.200. The zero-order valence-corrected chi connectivity index (χ0v) is 12.7. The Morgan fingerprint density at radius 1 is 1.23 bits per heavy atom. The molecule has 2 N–H and O–H groups in total. The number of carbonyl (C=O) groups is 2. The number of rotatable bonds is 6. The SMILES string of the molecule is COCc1csc(NC(=O)OCc2ccccc2)c1C(=O)O. The molecule has 0 unspecified atom stereocenters.